The molecule has 3 heteroatoms. The molecular weight excluding hydrogens is 248 g/mol. The van der Waals surface area contributed by atoms with Crippen LogP contribution >= 0.6 is 0 Å². The van der Waals surface area contributed by atoms with Crippen molar-refractivity contribution in [2.75, 3.05) is 6.54 Å². The standard InChI is InChI=1S/C17H26N2O/c18-16(13-15-9-5-2-6-10-15)17(20)19-12-11-14-7-3-1-4-8-14/h1,3-4,7-8,15-16H,2,5-6,9-13,18H2,(H,19,20)/t16-/m0/s1. The second kappa shape index (κ2) is 8.05. The van der Waals surface area contributed by atoms with Gasteiger partial charge < -0.3 is 11.1 Å². The fourth-order valence-corrected chi connectivity index (χ4v) is 2.99. The molecule has 0 saturated heterocycles. The molecular formula is C17H26N2O. The molecule has 0 aliphatic heterocycles. The summed E-state index contributed by atoms with van der Waals surface area (Å²) in [4.78, 5) is 12.0. The quantitative estimate of drug-likeness (QED) is 0.838. The fraction of sp³-hybridized carbons (Fsp3) is 0.588. The van der Waals surface area contributed by atoms with E-state index in [0.29, 0.717) is 12.5 Å². The lowest BCUT2D eigenvalue weighted by molar-refractivity contribution is -0.122. The third-order valence-electron chi connectivity index (χ3n) is 4.20. The van der Waals surface area contributed by atoms with Gasteiger partial charge in [0.2, 0.25) is 5.91 Å². The number of hydrogen-bond acceptors (Lipinski definition) is 2. The maximum Gasteiger partial charge on any atom is 0.236 e. The molecule has 1 fully saturated rings. The third-order valence-corrected chi connectivity index (χ3v) is 4.20. The second-order valence-corrected chi connectivity index (χ2v) is 5.87. The molecule has 1 amide bonds. The highest BCUT2D eigenvalue weighted by Crippen LogP contribution is 2.26. The molecule has 20 heavy (non-hydrogen) atoms. The van der Waals surface area contributed by atoms with Crippen molar-refractivity contribution in [3.05, 3.63) is 35.9 Å². The topological polar surface area (TPSA) is 55.1 Å². The van der Waals surface area contributed by atoms with E-state index in [0.717, 1.165) is 12.8 Å². The summed E-state index contributed by atoms with van der Waals surface area (Å²) >= 11 is 0. The van der Waals surface area contributed by atoms with Crippen molar-refractivity contribution in [1.82, 2.24) is 5.32 Å². The van der Waals surface area contributed by atoms with E-state index in [1.807, 2.05) is 18.2 Å². The predicted molar refractivity (Wildman–Crippen MR) is 82.3 cm³/mol. The van der Waals surface area contributed by atoms with Crippen molar-refractivity contribution in [3.8, 4) is 0 Å². The Kier molecular flexibility index (Phi) is 6.06. The summed E-state index contributed by atoms with van der Waals surface area (Å²) in [6, 6.07) is 9.86. The Morgan fingerprint density at radius 1 is 1.20 bits per heavy atom. The van der Waals surface area contributed by atoms with Gasteiger partial charge in [0.25, 0.3) is 0 Å². The van der Waals surface area contributed by atoms with Gasteiger partial charge in [-0.1, -0.05) is 62.4 Å². The minimum Gasteiger partial charge on any atom is -0.354 e. The lowest BCUT2D eigenvalue weighted by atomic mass is 9.85. The number of carbonyl (C=O) groups is 1. The highest BCUT2D eigenvalue weighted by atomic mass is 16.2. The number of carbonyl (C=O) groups excluding carboxylic acids is 1. The predicted octanol–water partition coefficient (Wildman–Crippen LogP) is 2.64. The molecule has 0 aromatic heterocycles. The minimum absolute atomic E-state index is 0.00602. The molecule has 1 aromatic rings. The van der Waals surface area contributed by atoms with Crippen LogP contribution < -0.4 is 11.1 Å². The summed E-state index contributed by atoms with van der Waals surface area (Å²) in [6.45, 7) is 0.668. The molecule has 0 heterocycles. The number of amides is 1. The van der Waals surface area contributed by atoms with E-state index >= 15 is 0 Å². The molecule has 1 atom stereocenters. The van der Waals surface area contributed by atoms with Gasteiger partial charge >= 0.3 is 0 Å². The van der Waals surface area contributed by atoms with Gasteiger partial charge in [-0.2, -0.15) is 0 Å². The highest BCUT2D eigenvalue weighted by Gasteiger charge is 2.20. The first-order valence-corrected chi connectivity index (χ1v) is 7.83. The van der Waals surface area contributed by atoms with Crippen LogP contribution in [-0.4, -0.2) is 18.5 Å². The minimum atomic E-state index is -0.339. The average molecular weight is 274 g/mol. The van der Waals surface area contributed by atoms with Crippen molar-refractivity contribution >= 4 is 5.91 Å². The van der Waals surface area contributed by atoms with E-state index in [-0.39, 0.29) is 11.9 Å². The number of nitrogens with two attached hydrogens (primary N) is 1. The Morgan fingerprint density at radius 3 is 2.60 bits per heavy atom. The van der Waals surface area contributed by atoms with Crippen LogP contribution in [0.5, 0.6) is 0 Å². The SMILES string of the molecule is N[C@@H](CC1CCCCC1)C(=O)NCCc1ccccc1. The van der Waals surface area contributed by atoms with E-state index in [2.05, 4.69) is 17.4 Å². The van der Waals surface area contributed by atoms with E-state index < -0.39 is 0 Å². The lowest BCUT2D eigenvalue weighted by Crippen LogP contribution is -2.42. The highest BCUT2D eigenvalue weighted by molar-refractivity contribution is 5.81. The molecule has 1 aromatic carbocycles. The zero-order valence-electron chi connectivity index (χ0n) is 12.2. The molecule has 3 nitrogen and oxygen atoms in total. The molecule has 1 aliphatic rings. The Morgan fingerprint density at radius 2 is 1.90 bits per heavy atom. The van der Waals surface area contributed by atoms with Crippen molar-refractivity contribution in [2.24, 2.45) is 11.7 Å². The maximum atomic E-state index is 12.0. The van der Waals surface area contributed by atoms with Crippen LogP contribution in [-0.2, 0) is 11.2 Å². The van der Waals surface area contributed by atoms with Crippen LogP contribution in [0.4, 0.5) is 0 Å². The van der Waals surface area contributed by atoms with E-state index in [1.165, 1.54) is 37.7 Å². The molecule has 0 radical (unpaired) electrons. The molecule has 0 unspecified atom stereocenters. The Balaban J connectivity index is 1.65. The first kappa shape index (κ1) is 15.0. The normalized spacial score (nSPS) is 17.6. The number of rotatable bonds is 6. The largest absolute Gasteiger partial charge is 0.354 e. The molecule has 0 spiro atoms. The lowest BCUT2D eigenvalue weighted by Gasteiger charge is -2.24. The first-order valence-electron chi connectivity index (χ1n) is 7.83. The molecule has 1 aliphatic carbocycles. The maximum absolute atomic E-state index is 12.0. The summed E-state index contributed by atoms with van der Waals surface area (Å²) in [5, 5.41) is 2.96. The summed E-state index contributed by atoms with van der Waals surface area (Å²) in [6.07, 6.45) is 8.13. The number of nitrogens with one attached hydrogen (secondary N) is 1. The molecule has 110 valence electrons. The van der Waals surface area contributed by atoms with Crippen LogP contribution in [0.25, 0.3) is 0 Å². The van der Waals surface area contributed by atoms with Gasteiger partial charge in [-0.25, -0.2) is 0 Å². The Bertz CT molecular complexity index is 399. The van der Waals surface area contributed by atoms with Gasteiger partial charge in [0.15, 0.2) is 0 Å². The monoisotopic (exact) mass is 274 g/mol. The van der Waals surface area contributed by atoms with Crippen molar-refractivity contribution in [3.63, 3.8) is 0 Å². The van der Waals surface area contributed by atoms with E-state index in [4.69, 9.17) is 5.73 Å². The van der Waals surface area contributed by atoms with Gasteiger partial charge in [0.05, 0.1) is 6.04 Å². The third kappa shape index (κ3) is 4.97. The van der Waals surface area contributed by atoms with Gasteiger partial charge in [-0.3, -0.25) is 4.79 Å². The number of benzene rings is 1. The first-order chi connectivity index (χ1) is 9.75. The number of hydrogen-bond donors (Lipinski definition) is 2. The summed E-state index contributed by atoms with van der Waals surface area (Å²) < 4.78 is 0. The van der Waals surface area contributed by atoms with Crippen LogP contribution in [0, 0.1) is 5.92 Å². The van der Waals surface area contributed by atoms with Crippen LogP contribution in [0.3, 0.4) is 0 Å². The smallest absolute Gasteiger partial charge is 0.236 e. The van der Waals surface area contributed by atoms with E-state index in [9.17, 15) is 4.79 Å². The Labute approximate surface area is 121 Å². The summed E-state index contributed by atoms with van der Waals surface area (Å²) in [7, 11) is 0. The van der Waals surface area contributed by atoms with Crippen LogP contribution in [0.2, 0.25) is 0 Å². The van der Waals surface area contributed by atoms with E-state index in [1.54, 1.807) is 0 Å². The van der Waals surface area contributed by atoms with Gasteiger partial charge in [0, 0.05) is 6.54 Å². The van der Waals surface area contributed by atoms with Gasteiger partial charge in [-0.15, -0.1) is 0 Å². The van der Waals surface area contributed by atoms with Crippen molar-refractivity contribution in [1.29, 1.82) is 0 Å². The second-order valence-electron chi connectivity index (χ2n) is 5.87. The molecule has 1 saturated carbocycles. The van der Waals surface area contributed by atoms with Crippen LogP contribution in [0.1, 0.15) is 44.1 Å². The summed E-state index contributed by atoms with van der Waals surface area (Å²) in [5.41, 5.74) is 7.26. The molecule has 2 rings (SSSR count). The van der Waals surface area contributed by atoms with Crippen molar-refractivity contribution in [2.45, 2.75) is 51.0 Å². The molecule has 0 bridgehead atoms. The van der Waals surface area contributed by atoms with Crippen LogP contribution in [0.15, 0.2) is 30.3 Å². The van der Waals surface area contributed by atoms with Crippen molar-refractivity contribution < 1.29 is 4.79 Å². The van der Waals surface area contributed by atoms with Gasteiger partial charge in [0.1, 0.15) is 0 Å². The zero-order chi connectivity index (χ0) is 14.2. The Hall–Kier alpha value is -1.35. The zero-order valence-corrected chi connectivity index (χ0v) is 12.2. The van der Waals surface area contributed by atoms with Gasteiger partial charge in [-0.05, 0) is 24.3 Å². The summed E-state index contributed by atoms with van der Waals surface area (Å²) in [5.74, 6) is 0.658. The average Bonchev–Trinajstić information content (AvgIpc) is 2.49. The molecule has 3 N–H and O–H groups in total. The fourth-order valence-electron chi connectivity index (χ4n) is 2.99.